The molecule has 3 amide bonds. The molecule has 0 unspecified atom stereocenters. The molecule has 0 aromatic rings. The summed E-state index contributed by atoms with van der Waals surface area (Å²) in [6.07, 6.45) is 0. The van der Waals surface area contributed by atoms with Gasteiger partial charge in [0, 0.05) is 13.1 Å². The number of nitrogens with one attached hydrogen (secondary N) is 1. The lowest BCUT2D eigenvalue weighted by Gasteiger charge is -2.38. The van der Waals surface area contributed by atoms with Gasteiger partial charge in [-0.15, -0.1) is 0 Å². The predicted octanol–water partition coefficient (Wildman–Crippen LogP) is -0.478. The zero-order valence-corrected chi connectivity index (χ0v) is 7.91. The molecule has 0 spiro atoms. The zero-order chi connectivity index (χ0) is 10.0. The summed E-state index contributed by atoms with van der Waals surface area (Å²) in [5, 5.41) is 2.35. The van der Waals surface area contributed by atoms with Crippen LogP contribution in [0.5, 0.6) is 0 Å². The highest BCUT2D eigenvalue weighted by molar-refractivity contribution is 5.86. The van der Waals surface area contributed by atoms with Crippen LogP contribution in [0.4, 0.5) is 4.79 Å². The maximum Gasteiger partial charge on any atom is 0.312 e. The van der Waals surface area contributed by atoms with Gasteiger partial charge in [0.1, 0.15) is 6.04 Å². The first kappa shape index (κ1) is 9.83. The second-order valence-electron chi connectivity index (χ2n) is 3.58. The molecule has 74 valence electrons. The Balaban J connectivity index is 2.35. The molecule has 1 aliphatic heterocycles. The first-order chi connectivity index (χ1) is 6.00. The van der Waals surface area contributed by atoms with E-state index in [2.05, 4.69) is 12.2 Å². The van der Waals surface area contributed by atoms with Gasteiger partial charge in [-0.1, -0.05) is 6.92 Å². The second-order valence-corrected chi connectivity index (χ2v) is 3.58. The molecule has 5 nitrogen and oxygen atoms in total. The Morgan fingerprint density at radius 3 is 2.46 bits per heavy atom. The lowest BCUT2D eigenvalue weighted by Crippen LogP contribution is -2.56. The Labute approximate surface area is 77.3 Å². The molecule has 0 bridgehead atoms. The fraction of sp³-hybridized carbons (Fsp3) is 0.750. The van der Waals surface area contributed by atoms with Crippen LogP contribution >= 0.6 is 0 Å². The van der Waals surface area contributed by atoms with Crippen LogP contribution in [0, 0.1) is 5.92 Å². The zero-order valence-electron chi connectivity index (χ0n) is 7.91. The minimum absolute atomic E-state index is 0.0584. The van der Waals surface area contributed by atoms with E-state index in [1.165, 1.54) is 0 Å². The van der Waals surface area contributed by atoms with Crippen molar-refractivity contribution in [1.82, 2.24) is 10.2 Å². The molecule has 1 saturated heterocycles. The quantitative estimate of drug-likeness (QED) is 0.609. The van der Waals surface area contributed by atoms with E-state index >= 15 is 0 Å². The van der Waals surface area contributed by atoms with Crippen molar-refractivity contribution in [1.29, 1.82) is 0 Å². The highest BCUT2D eigenvalue weighted by Crippen LogP contribution is 2.14. The molecule has 0 aromatic carbocycles. The fourth-order valence-electron chi connectivity index (χ4n) is 1.43. The highest BCUT2D eigenvalue weighted by atomic mass is 16.2. The summed E-state index contributed by atoms with van der Waals surface area (Å²) in [4.78, 5) is 23.6. The summed E-state index contributed by atoms with van der Waals surface area (Å²) in [6, 6.07) is -1.17. The van der Waals surface area contributed by atoms with Crippen molar-refractivity contribution in [3.63, 3.8) is 0 Å². The van der Waals surface area contributed by atoms with Gasteiger partial charge in [-0.25, -0.2) is 4.79 Å². The average molecular weight is 185 g/mol. The van der Waals surface area contributed by atoms with E-state index in [-0.39, 0.29) is 5.91 Å². The third kappa shape index (κ3) is 2.34. The number of likely N-dealkylation sites (tertiary alicyclic amines) is 1. The summed E-state index contributed by atoms with van der Waals surface area (Å²) in [7, 11) is 0. The Bertz CT molecular complexity index is 223. The van der Waals surface area contributed by atoms with Crippen LogP contribution in [0.15, 0.2) is 0 Å². The van der Waals surface area contributed by atoms with Gasteiger partial charge in [-0.3, -0.25) is 4.79 Å². The van der Waals surface area contributed by atoms with E-state index in [9.17, 15) is 9.59 Å². The van der Waals surface area contributed by atoms with Gasteiger partial charge in [0.05, 0.1) is 0 Å². The number of carbonyl (C=O) groups excluding carboxylic acids is 2. The molecule has 0 aromatic heterocycles. The predicted molar refractivity (Wildman–Crippen MR) is 47.9 cm³/mol. The molecule has 1 rings (SSSR count). The van der Waals surface area contributed by atoms with Crippen molar-refractivity contribution in [2.75, 3.05) is 13.1 Å². The number of carbonyl (C=O) groups is 2. The number of urea groups is 1. The molecule has 5 heteroatoms. The lowest BCUT2D eigenvalue weighted by atomic mass is 10.0. The molecule has 0 radical (unpaired) electrons. The Hall–Kier alpha value is -1.26. The maximum atomic E-state index is 11.5. The summed E-state index contributed by atoms with van der Waals surface area (Å²) in [5.74, 6) is 0.515. The monoisotopic (exact) mass is 185 g/mol. The third-order valence-electron chi connectivity index (χ3n) is 2.10. The van der Waals surface area contributed by atoms with Gasteiger partial charge in [-0.05, 0) is 12.8 Å². The summed E-state index contributed by atoms with van der Waals surface area (Å²) in [6.45, 7) is 5.28. The molecular weight excluding hydrogens is 170 g/mol. The van der Waals surface area contributed by atoms with Crippen LogP contribution < -0.4 is 11.1 Å². The van der Waals surface area contributed by atoms with Crippen molar-refractivity contribution in [2.24, 2.45) is 11.7 Å². The first-order valence-corrected chi connectivity index (χ1v) is 4.35. The number of hydrogen-bond donors (Lipinski definition) is 2. The summed E-state index contributed by atoms with van der Waals surface area (Å²) < 4.78 is 0. The van der Waals surface area contributed by atoms with Crippen molar-refractivity contribution >= 4 is 11.9 Å². The summed E-state index contributed by atoms with van der Waals surface area (Å²) in [5.41, 5.74) is 4.90. The minimum atomic E-state index is -0.658. The van der Waals surface area contributed by atoms with Crippen molar-refractivity contribution in [3.05, 3.63) is 0 Å². The van der Waals surface area contributed by atoms with Gasteiger partial charge in [0.15, 0.2) is 0 Å². The second kappa shape index (κ2) is 3.64. The van der Waals surface area contributed by atoms with Gasteiger partial charge < -0.3 is 16.0 Å². The lowest BCUT2D eigenvalue weighted by molar-refractivity contribution is -0.138. The Morgan fingerprint density at radius 1 is 1.54 bits per heavy atom. The largest absolute Gasteiger partial charge is 0.352 e. The standard InChI is InChI=1S/C8H15N3O2/c1-5-3-11(4-5)7(12)6(2)10-8(9)13/h5-6H,3-4H2,1-2H3,(H3,9,10,13)/t6-/m0/s1. The molecular formula is C8H15N3O2. The van der Waals surface area contributed by atoms with Crippen LogP contribution in [0.1, 0.15) is 13.8 Å². The molecule has 1 fully saturated rings. The van der Waals surface area contributed by atoms with Gasteiger partial charge in [-0.2, -0.15) is 0 Å². The molecule has 1 heterocycles. The van der Waals surface area contributed by atoms with Crippen LogP contribution in [0.3, 0.4) is 0 Å². The van der Waals surface area contributed by atoms with Crippen LogP contribution in [-0.2, 0) is 4.79 Å². The van der Waals surface area contributed by atoms with E-state index in [1.54, 1.807) is 11.8 Å². The number of nitrogens with zero attached hydrogens (tertiary/aromatic N) is 1. The number of nitrogens with two attached hydrogens (primary N) is 1. The normalized spacial score (nSPS) is 19.1. The first-order valence-electron chi connectivity index (χ1n) is 4.35. The van der Waals surface area contributed by atoms with Crippen molar-refractivity contribution < 1.29 is 9.59 Å². The van der Waals surface area contributed by atoms with E-state index in [1.807, 2.05) is 0 Å². The number of rotatable bonds is 2. The smallest absolute Gasteiger partial charge is 0.312 e. The van der Waals surface area contributed by atoms with E-state index in [0.717, 1.165) is 13.1 Å². The molecule has 0 saturated carbocycles. The SMILES string of the molecule is CC1CN(C(=O)[C@H](C)NC(N)=O)C1. The topological polar surface area (TPSA) is 75.4 Å². The Morgan fingerprint density at radius 2 is 2.08 bits per heavy atom. The molecule has 13 heavy (non-hydrogen) atoms. The molecule has 3 N–H and O–H groups in total. The van der Waals surface area contributed by atoms with Crippen molar-refractivity contribution in [3.8, 4) is 0 Å². The number of hydrogen-bond acceptors (Lipinski definition) is 2. The maximum absolute atomic E-state index is 11.5. The molecule has 0 aliphatic carbocycles. The third-order valence-corrected chi connectivity index (χ3v) is 2.10. The Kier molecular flexibility index (Phi) is 2.75. The fourth-order valence-corrected chi connectivity index (χ4v) is 1.43. The minimum Gasteiger partial charge on any atom is -0.352 e. The van der Waals surface area contributed by atoms with Crippen molar-refractivity contribution in [2.45, 2.75) is 19.9 Å². The molecule has 1 aliphatic rings. The summed E-state index contributed by atoms with van der Waals surface area (Å²) >= 11 is 0. The van der Waals surface area contributed by atoms with Gasteiger partial charge in [0.2, 0.25) is 5.91 Å². The average Bonchev–Trinajstić information content (AvgIpc) is 1.96. The highest BCUT2D eigenvalue weighted by Gasteiger charge is 2.30. The van der Waals surface area contributed by atoms with Crippen LogP contribution in [-0.4, -0.2) is 36.0 Å². The van der Waals surface area contributed by atoms with Gasteiger partial charge in [0.25, 0.3) is 0 Å². The van der Waals surface area contributed by atoms with E-state index < -0.39 is 12.1 Å². The van der Waals surface area contributed by atoms with E-state index in [0.29, 0.717) is 5.92 Å². The van der Waals surface area contributed by atoms with Crippen LogP contribution in [0.25, 0.3) is 0 Å². The number of primary amides is 1. The van der Waals surface area contributed by atoms with Gasteiger partial charge >= 0.3 is 6.03 Å². The van der Waals surface area contributed by atoms with Crippen LogP contribution in [0.2, 0.25) is 0 Å². The molecule has 1 atom stereocenters. The van der Waals surface area contributed by atoms with E-state index in [4.69, 9.17) is 5.73 Å². The number of amides is 3.